The second kappa shape index (κ2) is 10.7. The van der Waals surface area contributed by atoms with Crippen molar-refractivity contribution in [2.75, 3.05) is 33.3 Å². The number of hydrogen-bond donors (Lipinski definition) is 3. The van der Waals surface area contributed by atoms with Gasteiger partial charge in [0.05, 0.1) is 31.6 Å². The van der Waals surface area contributed by atoms with Crippen LogP contribution in [0.2, 0.25) is 0 Å². The fourth-order valence-electron chi connectivity index (χ4n) is 4.94. The van der Waals surface area contributed by atoms with Gasteiger partial charge in [-0.25, -0.2) is 0 Å². The highest BCUT2D eigenvalue weighted by molar-refractivity contribution is 14.0. The Labute approximate surface area is 205 Å². The highest BCUT2D eigenvalue weighted by Gasteiger charge is 2.58. The minimum absolute atomic E-state index is 0. The van der Waals surface area contributed by atoms with E-state index in [-0.39, 0.29) is 66.0 Å². The number of aliphatic hydroxyl groups excluding tert-OH is 1. The SMILES string of the molecule is CCNC(=NCC(O)c1cccc(OC)c1)NCCN1C(=O)C2C3C=CC(C3)C2C1=O.I. The van der Waals surface area contributed by atoms with Gasteiger partial charge >= 0.3 is 0 Å². The third-order valence-electron chi connectivity index (χ3n) is 6.43. The van der Waals surface area contributed by atoms with Crippen molar-refractivity contribution in [1.82, 2.24) is 15.5 Å². The number of rotatable bonds is 8. The summed E-state index contributed by atoms with van der Waals surface area (Å²) in [4.78, 5) is 31.4. The molecule has 0 radical (unpaired) electrons. The Balaban J connectivity index is 0.00000289. The van der Waals surface area contributed by atoms with Crippen molar-refractivity contribution in [2.24, 2.45) is 28.7 Å². The predicted octanol–water partition coefficient (Wildman–Crippen LogP) is 1.71. The summed E-state index contributed by atoms with van der Waals surface area (Å²) in [5, 5.41) is 16.7. The normalized spacial score (nSPS) is 26.7. The van der Waals surface area contributed by atoms with Gasteiger partial charge in [0.25, 0.3) is 0 Å². The maximum absolute atomic E-state index is 12.8. The molecule has 4 rings (SSSR count). The number of methoxy groups -OCH3 is 1. The Kier molecular flexibility index (Phi) is 8.16. The third-order valence-corrected chi connectivity index (χ3v) is 6.43. The molecule has 0 aromatic heterocycles. The van der Waals surface area contributed by atoms with Crippen molar-refractivity contribution in [3.63, 3.8) is 0 Å². The molecule has 174 valence electrons. The zero-order valence-electron chi connectivity index (χ0n) is 18.4. The standard InChI is InChI=1S/C23H30N4O4.HI/c1-3-24-23(26-13-18(28)14-5-4-6-17(12-14)31-2)25-9-10-27-21(29)19-15-7-8-16(11-15)20(19)22(27)30;/h4-8,12,15-16,18-20,28H,3,9-11,13H2,1-2H3,(H2,24,25,26);1H. The Bertz CT molecular complexity index is 876. The number of hydrogen-bond acceptors (Lipinski definition) is 5. The molecule has 3 aliphatic rings. The number of allylic oxidation sites excluding steroid dienone is 2. The second-order valence-electron chi connectivity index (χ2n) is 8.27. The molecule has 1 aromatic rings. The molecule has 9 heteroatoms. The Morgan fingerprint density at radius 1 is 1.22 bits per heavy atom. The molecule has 5 unspecified atom stereocenters. The first-order valence-electron chi connectivity index (χ1n) is 10.9. The van der Waals surface area contributed by atoms with Gasteiger partial charge in [0.2, 0.25) is 11.8 Å². The van der Waals surface area contributed by atoms with Crippen LogP contribution in [0.3, 0.4) is 0 Å². The van der Waals surface area contributed by atoms with Crippen LogP contribution in [0, 0.1) is 23.7 Å². The van der Waals surface area contributed by atoms with Gasteiger partial charge in [-0.3, -0.25) is 19.5 Å². The largest absolute Gasteiger partial charge is 0.497 e. The van der Waals surface area contributed by atoms with Gasteiger partial charge in [-0.2, -0.15) is 0 Å². The van der Waals surface area contributed by atoms with Crippen LogP contribution < -0.4 is 15.4 Å². The highest BCUT2D eigenvalue weighted by atomic mass is 127. The predicted molar refractivity (Wildman–Crippen MR) is 132 cm³/mol. The van der Waals surface area contributed by atoms with E-state index >= 15 is 0 Å². The number of carbonyl (C=O) groups is 2. The Morgan fingerprint density at radius 2 is 1.91 bits per heavy atom. The minimum atomic E-state index is -0.769. The molecular formula is C23H31IN4O4. The quantitative estimate of drug-likeness (QED) is 0.149. The average Bonchev–Trinajstić information content (AvgIpc) is 3.47. The van der Waals surface area contributed by atoms with Gasteiger partial charge in [0.15, 0.2) is 5.96 Å². The molecule has 2 fully saturated rings. The number of halogens is 1. The number of amides is 2. The summed E-state index contributed by atoms with van der Waals surface area (Å²) in [5.74, 6) is 1.25. The van der Waals surface area contributed by atoms with E-state index in [9.17, 15) is 14.7 Å². The van der Waals surface area contributed by atoms with Crippen LogP contribution in [0.4, 0.5) is 0 Å². The molecular weight excluding hydrogens is 523 g/mol. The van der Waals surface area contributed by atoms with Gasteiger partial charge in [-0.1, -0.05) is 24.3 Å². The highest BCUT2D eigenvalue weighted by Crippen LogP contribution is 2.52. The molecule has 5 atom stereocenters. The van der Waals surface area contributed by atoms with Gasteiger partial charge in [-0.05, 0) is 42.9 Å². The van der Waals surface area contributed by atoms with Crippen molar-refractivity contribution < 1.29 is 19.4 Å². The van der Waals surface area contributed by atoms with E-state index in [0.717, 1.165) is 12.0 Å². The summed E-state index contributed by atoms with van der Waals surface area (Å²) in [6.07, 6.45) is 4.37. The number of fused-ring (bicyclic) bond motifs is 5. The molecule has 1 heterocycles. The van der Waals surface area contributed by atoms with Crippen LogP contribution in [0.1, 0.15) is 25.0 Å². The summed E-state index contributed by atoms with van der Waals surface area (Å²) < 4.78 is 5.20. The van der Waals surface area contributed by atoms with Crippen molar-refractivity contribution in [1.29, 1.82) is 0 Å². The number of ether oxygens (including phenoxy) is 1. The number of aliphatic imine (C=N–C) groups is 1. The molecule has 2 aliphatic carbocycles. The van der Waals surface area contributed by atoms with E-state index < -0.39 is 6.10 Å². The maximum Gasteiger partial charge on any atom is 0.233 e. The Morgan fingerprint density at radius 3 is 2.53 bits per heavy atom. The first-order valence-corrected chi connectivity index (χ1v) is 10.9. The van der Waals surface area contributed by atoms with Crippen LogP contribution in [-0.2, 0) is 9.59 Å². The average molecular weight is 554 g/mol. The van der Waals surface area contributed by atoms with Crippen molar-refractivity contribution >= 4 is 41.8 Å². The fourth-order valence-corrected chi connectivity index (χ4v) is 4.94. The molecule has 0 spiro atoms. The molecule has 8 nitrogen and oxygen atoms in total. The topological polar surface area (TPSA) is 103 Å². The number of nitrogens with one attached hydrogen (secondary N) is 2. The molecule has 1 saturated carbocycles. The first-order chi connectivity index (χ1) is 15.0. The van der Waals surface area contributed by atoms with Crippen molar-refractivity contribution in [2.45, 2.75) is 19.4 Å². The lowest BCUT2D eigenvalue weighted by Crippen LogP contribution is -2.43. The molecule has 3 N–H and O–H groups in total. The van der Waals surface area contributed by atoms with E-state index in [0.29, 0.717) is 31.3 Å². The smallest absolute Gasteiger partial charge is 0.233 e. The van der Waals surface area contributed by atoms with Crippen molar-refractivity contribution in [3.8, 4) is 5.75 Å². The first kappa shape index (κ1) is 24.5. The molecule has 2 bridgehead atoms. The van der Waals surface area contributed by atoms with E-state index in [1.165, 1.54) is 4.90 Å². The van der Waals surface area contributed by atoms with Gasteiger partial charge in [-0.15, -0.1) is 24.0 Å². The zero-order valence-corrected chi connectivity index (χ0v) is 20.7. The van der Waals surface area contributed by atoms with Crippen molar-refractivity contribution in [3.05, 3.63) is 42.0 Å². The van der Waals surface area contributed by atoms with Crippen LogP contribution >= 0.6 is 24.0 Å². The fraction of sp³-hybridized carbons (Fsp3) is 0.522. The van der Waals surface area contributed by atoms with Crippen LogP contribution in [0.25, 0.3) is 0 Å². The van der Waals surface area contributed by atoms with E-state index in [1.807, 2.05) is 25.1 Å². The van der Waals surface area contributed by atoms with Gasteiger partial charge in [0.1, 0.15) is 5.75 Å². The summed E-state index contributed by atoms with van der Waals surface area (Å²) >= 11 is 0. The number of nitrogens with zero attached hydrogens (tertiary/aromatic N) is 2. The molecule has 32 heavy (non-hydrogen) atoms. The van der Waals surface area contributed by atoms with E-state index in [4.69, 9.17) is 4.74 Å². The molecule has 1 aromatic carbocycles. The lowest BCUT2D eigenvalue weighted by atomic mass is 9.85. The molecule has 1 saturated heterocycles. The molecule has 1 aliphatic heterocycles. The van der Waals surface area contributed by atoms with Crippen LogP contribution in [-0.4, -0.2) is 61.1 Å². The number of aliphatic hydroxyl groups is 1. The maximum atomic E-state index is 12.8. The summed E-state index contributed by atoms with van der Waals surface area (Å²) in [7, 11) is 1.58. The van der Waals surface area contributed by atoms with Crippen LogP contribution in [0.15, 0.2) is 41.4 Å². The minimum Gasteiger partial charge on any atom is -0.497 e. The number of likely N-dealkylation sites (tertiary alicyclic amines) is 1. The van der Waals surface area contributed by atoms with E-state index in [1.54, 1.807) is 13.2 Å². The van der Waals surface area contributed by atoms with Crippen LogP contribution in [0.5, 0.6) is 5.75 Å². The van der Waals surface area contributed by atoms with Gasteiger partial charge < -0.3 is 20.5 Å². The summed E-state index contributed by atoms with van der Waals surface area (Å²) in [6, 6.07) is 7.25. The molecule has 2 amide bonds. The monoisotopic (exact) mass is 554 g/mol. The third kappa shape index (κ3) is 4.78. The number of guanidine groups is 1. The lowest BCUT2D eigenvalue weighted by molar-refractivity contribution is -0.140. The van der Waals surface area contributed by atoms with E-state index in [2.05, 4.69) is 27.8 Å². The van der Waals surface area contributed by atoms with Gasteiger partial charge in [0, 0.05) is 19.6 Å². The Hall–Kier alpha value is -2.14. The number of carbonyl (C=O) groups excluding carboxylic acids is 2. The number of benzene rings is 1. The lowest BCUT2D eigenvalue weighted by Gasteiger charge is -2.19. The number of imide groups is 1. The zero-order chi connectivity index (χ0) is 22.0. The summed E-state index contributed by atoms with van der Waals surface area (Å²) in [5.41, 5.74) is 0.724. The second-order valence-corrected chi connectivity index (χ2v) is 8.27. The summed E-state index contributed by atoms with van der Waals surface area (Å²) in [6.45, 7) is 3.49.